The Labute approximate surface area is 128 Å². The summed E-state index contributed by atoms with van der Waals surface area (Å²) in [5, 5.41) is 0. The van der Waals surface area contributed by atoms with Crippen molar-refractivity contribution in [2.24, 2.45) is 0 Å². The molecule has 0 nitrogen and oxygen atoms in total. The van der Waals surface area contributed by atoms with Gasteiger partial charge in [0, 0.05) is 0 Å². The van der Waals surface area contributed by atoms with Gasteiger partial charge in [0.05, 0.1) is 0 Å². The van der Waals surface area contributed by atoms with E-state index in [2.05, 4.69) is 73.7 Å². The highest BCUT2D eigenvalue weighted by Gasteiger charge is 2.22. The average Bonchev–Trinajstić information content (AvgIpc) is 2.52. The van der Waals surface area contributed by atoms with E-state index >= 15 is 0 Å². The first kappa shape index (κ1) is 18.9. The summed E-state index contributed by atoms with van der Waals surface area (Å²) < 4.78 is 0. The third-order valence-corrected chi connectivity index (χ3v) is 11.2. The largest absolute Gasteiger partial charge is 0.124 e. The SMILES string of the molecule is C=C[Si](C=C)(C=C)CCCCCC[Si](C=C)(C=C)C=C. The lowest BCUT2D eigenvalue weighted by Gasteiger charge is -2.20. The molecule has 0 radical (unpaired) electrons. The molecule has 0 aromatic rings. The van der Waals surface area contributed by atoms with Gasteiger partial charge in [-0.05, 0) is 12.1 Å². The molecule has 2 heteroatoms. The molecule has 0 aromatic carbocycles. The Balaban J connectivity index is 4.04. The summed E-state index contributed by atoms with van der Waals surface area (Å²) in [5.74, 6) is 0. The molecule has 0 saturated carbocycles. The molecule has 0 heterocycles. The van der Waals surface area contributed by atoms with Gasteiger partial charge in [-0.15, -0.1) is 39.5 Å². The predicted octanol–water partition coefficient (Wildman–Crippen LogP) is 5.80. The highest BCUT2D eigenvalue weighted by Crippen LogP contribution is 2.21. The standard InChI is InChI=1S/C18H30Si2/c1-7-19(8-2,9-3)17-15-13-14-16-18-20(10-4,11-5)12-6/h7-12H,1-6,13-18H2. The zero-order valence-electron chi connectivity index (χ0n) is 12.9. The van der Waals surface area contributed by atoms with Gasteiger partial charge in [-0.2, -0.15) is 0 Å². The summed E-state index contributed by atoms with van der Waals surface area (Å²) in [4.78, 5) is 0. The summed E-state index contributed by atoms with van der Waals surface area (Å²) in [5.41, 5.74) is 12.5. The van der Waals surface area contributed by atoms with E-state index in [1.165, 1.54) is 37.8 Å². The van der Waals surface area contributed by atoms with Crippen LogP contribution in [0.25, 0.3) is 0 Å². The first-order valence-corrected chi connectivity index (χ1v) is 12.3. The van der Waals surface area contributed by atoms with Crippen LogP contribution in [0.15, 0.2) is 73.7 Å². The molecule has 0 spiro atoms. The van der Waals surface area contributed by atoms with Crippen molar-refractivity contribution in [2.75, 3.05) is 0 Å². The molecule has 0 rings (SSSR count). The van der Waals surface area contributed by atoms with Crippen molar-refractivity contribution in [3.8, 4) is 0 Å². The number of unbranched alkanes of at least 4 members (excludes halogenated alkanes) is 3. The minimum Gasteiger partial charge on any atom is -0.106 e. The Kier molecular flexibility index (Phi) is 9.18. The molecule has 0 fully saturated rings. The van der Waals surface area contributed by atoms with Crippen LogP contribution in [0.5, 0.6) is 0 Å². The van der Waals surface area contributed by atoms with E-state index < -0.39 is 16.1 Å². The normalized spacial score (nSPS) is 11.4. The molecule has 0 N–H and O–H groups in total. The van der Waals surface area contributed by atoms with Gasteiger partial charge in [0.2, 0.25) is 0 Å². The molecule has 0 amide bonds. The zero-order chi connectivity index (χ0) is 15.5. The fourth-order valence-electron chi connectivity index (χ4n) is 2.33. The fourth-order valence-corrected chi connectivity index (χ4v) is 6.28. The first-order chi connectivity index (χ1) is 9.57. The van der Waals surface area contributed by atoms with E-state index in [0.29, 0.717) is 0 Å². The second kappa shape index (κ2) is 9.73. The van der Waals surface area contributed by atoms with Gasteiger partial charge in [-0.25, -0.2) is 0 Å². The van der Waals surface area contributed by atoms with Crippen LogP contribution in [0.2, 0.25) is 12.1 Å². The number of rotatable bonds is 13. The molecule has 0 aromatic heterocycles. The smallest absolute Gasteiger partial charge is 0.106 e. The summed E-state index contributed by atoms with van der Waals surface area (Å²) in [6, 6.07) is 2.38. The fraction of sp³-hybridized carbons (Fsp3) is 0.333. The van der Waals surface area contributed by atoms with Gasteiger partial charge < -0.3 is 0 Å². The van der Waals surface area contributed by atoms with Gasteiger partial charge in [0.25, 0.3) is 0 Å². The molecule has 0 aliphatic rings. The van der Waals surface area contributed by atoms with Crippen LogP contribution in [0.1, 0.15) is 25.7 Å². The van der Waals surface area contributed by atoms with Crippen LogP contribution in [0.4, 0.5) is 0 Å². The monoisotopic (exact) mass is 302 g/mol. The topological polar surface area (TPSA) is 0 Å². The average molecular weight is 303 g/mol. The maximum absolute atomic E-state index is 3.95. The highest BCUT2D eigenvalue weighted by molar-refractivity contribution is 6.93. The lowest BCUT2D eigenvalue weighted by molar-refractivity contribution is 0.695. The van der Waals surface area contributed by atoms with Gasteiger partial charge in [0.15, 0.2) is 0 Å². The second-order valence-corrected chi connectivity index (χ2v) is 13.3. The summed E-state index contributed by atoms with van der Waals surface area (Å²) in [7, 11) is -3.17. The Bertz CT molecular complexity index is 286. The predicted molar refractivity (Wildman–Crippen MR) is 101 cm³/mol. The molecular weight excluding hydrogens is 272 g/mol. The van der Waals surface area contributed by atoms with Crippen LogP contribution in [-0.4, -0.2) is 16.1 Å². The lowest BCUT2D eigenvalue weighted by Crippen LogP contribution is -2.26. The molecule has 0 aliphatic heterocycles. The van der Waals surface area contributed by atoms with Crippen molar-refractivity contribution in [2.45, 2.75) is 37.8 Å². The quantitative estimate of drug-likeness (QED) is 0.298. The Morgan fingerprint density at radius 2 is 0.700 bits per heavy atom. The number of hydrogen-bond acceptors (Lipinski definition) is 0. The van der Waals surface area contributed by atoms with Crippen LogP contribution in [-0.2, 0) is 0 Å². The number of hydrogen-bond donors (Lipinski definition) is 0. The van der Waals surface area contributed by atoms with E-state index in [0.717, 1.165) is 0 Å². The lowest BCUT2D eigenvalue weighted by atomic mass is 10.2. The van der Waals surface area contributed by atoms with Crippen molar-refractivity contribution in [3.05, 3.63) is 73.7 Å². The van der Waals surface area contributed by atoms with Crippen LogP contribution in [0, 0.1) is 0 Å². The summed E-state index contributed by atoms with van der Waals surface area (Å²) in [6.07, 6.45) is 5.00. The first-order valence-electron chi connectivity index (χ1n) is 7.39. The van der Waals surface area contributed by atoms with E-state index in [4.69, 9.17) is 0 Å². The Morgan fingerprint density at radius 1 is 0.450 bits per heavy atom. The molecule has 0 saturated heterocycles. The van der Waals surface area contributed by atoms with E-state index in [1.807, 2.05) is 0 Å². The van der Waals surface area contributed by atoms with Crippen molar-refractivity contribution in [1.82, 2.24) is 0 Å². The molecule has 0 bridgehead atoms. The van der Waals surface area contributed by atoms with Gasteiger partial charge in [-0.1, -0.05) is 59.9 Å². The minimum absolute atomic E-state index is 1.19. The minimum atomic E-state index is -1.58. The molecule has 110 valence electrons. The zero-order valence-corrected chi connectivity index (χ0v) is 14.9. The Hall–Kier alpha value is -1.13. The van der Waals surface area contributed by atoms with Gasteiger partial charge >= 0.3 is 0 Å². The third-order valence-electron chi connectivity index (χ3n) is 4.25. The molecule has 0 atom stereocenters. The highest BCUT2D eigenvalue weighted by atomic mass is 28.3. The van der Waals surface area contributed by atoms with Crippen molar-refractivity contribution < 1.29 is 0 Å². The molecule has 20 heavy (non-hydrogen) atoms. The van der Waals surface area contributed by atoms with E-state index in [1.54, 1.807) is 0 Å². The maximum Gasteiger partial charge on any atom is 0.124 e. The summed E-state index contributed by atoms with van der Waals surface area (Å²) >= 11 is 0. The van der Waals surface area contributed by atoms with Crippen LogP contribution >= 0.6 is 0 Å². The van der Waals surface area contributed by atoms with Gasteiger partial charge in [0.1, 0.15) is 16.1 Å². The van der Waals surface area contributed by atoms with Crippen molar-refractivity contribution >= 4 is 16.1 Å². The second-order valence-electron chi connectivity index (χ2n) is 5.36. The van der Waals surface area contributed by atoms with Crippen molar-refractivity contribution in [1.29, 1.82) is 0 Å². The van der Waals surface area contributed by atoms with Crippen molar-refractivity contribution in [3.63, 3.8) is 0 Å². The Morgan fingerprint density at radius 3 is 0.900 bits per heavy atom. The molecule has 0 unspecified atom stereocenters. The van der Waals surface area contributed by atoms with Crippen LogP contribution < -0.4 is 0 Å². The van der Waals surface area contributed by atoms with Gasteiger partial charge in [-0.3, -0.25) is 0 Å². The van der Waals surface area contributed by atoms with Crippen LogP contribution in [0.3, 0.4) is 0 Å². The molecular formula is C18H30Si2. The third kappa shape index (κ3) is 5.47. The maximum atomic E-state index is 3.95. The summed E-state index contributed by atoms with van der Waals surface area (Å²) in [6.45, 7) is 23.7. The van der Waals surface area contributed by atoms with E-state index in [9.17, 15) is 0 Å². The van der Waals surface area contributed by atoms with E-state index in [-0.39, 0.29) is 0 Å². The molecule has 0 aliphatic carbocycles.